The van der Waals surface area contributed by atoms with Crippen LogP contribution in [0.3, 0.4) is 0 Å². The lowest BCUT2D eigenvalue weighted by molar-refractivity contribution is 0.0341. The third-order valence-electron chi connectivity index (χ3n) is 3.54. The van der Waals surface area contributed by atoms with Crippen molar-refractivity contribution >= 4 is 20.7 Å². The molecule has 0 radical (unpaired) electrons. The molecule has 2 rings (SSSR count). The van der Waals surface area contributed by atoms with Crippen LogP contribution in [-0.2, 0) is 9.31 Å². The van der Waals surface area contributed by atoms with Crippen LogP contribution >= 0.6 is 0 Å². The Morgan fingerprint density at radius 1 is 1.17 bits per heavy atom. The topological polar surface area (TPSA) is 27.7 Å². The molecule has 23 heavy (non-hydrogen) atoms. The Hall–Kier alpha value is -1.22. The van der Waals surface area contributed by atoms with Crippen molar-refractivity contribution in [2.45, 2.75) is 40.4 Å². The fourth-order valence-electron chi connectivity index (χ4n) is 2.42. The van der Waals surface area contributed by atoms with Crippen LogP contribution in [-0.4, -0.2) is 35.5 Å². The molecular formula is C18H27BO3Si. The zero-order chi connectivity index (χ0) is 17.3. The molecule has 1 aliphatic rings. The summed E-state index contributed by atoms with van der Waals surface area (Å²) in [7, 11) is -0.151. The summed E-state index contributed by atoms with van der Waals surface area (Å²) in [6, 6.07) is 4.14. The van der Waals surface area contributed by atoms with E-state index in [1.165, 1.54) is 0 Å². The lowest BCUT2D eigenvalue weighted by Crippen LogP contribution is -2.48. The number of methoxy groups -OCH3 is 1. The Kier molecular flexibility index (Phi) is 5.30. The van der Waals surface area contributed by atoms with Crippen molar-refractivity contribution in [2.75, 3.05) is 20.3 Å². The second kappa shape index (κ2) is 6.72. The highest BCUT2D eigenvalue weighted by Gasteiger charge is 2.35. The summed E-state index contributed by atoms with van der Waals surface area (Å²) in [5, 5.41) is 0. The van der Waals surface area contributed by atoms with Gasteiger partial charge in [-0.15, -0.1) is 5.54 Å². The van der Waals surface area contributed by atoms with Gasteiger partial charge in [0.05, 0.1) is 12.7 Å². The van der Waals surface area contributed by atoms with Gasteiger partial charge in [-0.25, -0.2) is 0 Å². The summed E-state index contributed by atoms with van der Waals surface area (Å²) in [6.07, 6.45) is 0. The zero-order valence-electron chi connectivity index (χ0n) is 15.4. The number of ether oxygens (including phenoxy) is 1. The molecule has 0 N–H and O–H groups in total. The molecule has 124 valence electrons. The SMILES string of the molecule is COc1c(C#C[Si](C)(C)C)cc(C)cc1B1OCC(C)(C)CO1. The van der Waals surface area contributed by atoms with Crippen LogP contribution in [0.25, 0.3) is 0 Å². The average molecular weight is 330 g/mol. The molecule has 0 bridgehead atoms. The summed E-state index contributed by atoms with van der Waals surface area (Å²) < 4.78 is 17.5. The first kappa shape index (κ1) is 18.1. The highest BCUT2D eigenvalue weighted by Crippen LogP contribution is 2.25. The van der Waals surface area contributed by atoms with Gasteiger partial charge in [0.1, 0.15) is 13.8 Å². The van der Waals surface area contributed by atoms with Gasteiger partial charge < -0.3 is 14.0 Å². The molecular weight excluding hydrogens is 303 g/mol. The molecule has 0 atom stereocenters. The molecule has 1 aliphatic heterocycles. The summed E-state index contributed by atoms with van der Waals surface area (Å²) in [4.78, 5) is 0. The van der Waals surface area contributed by atoms with E-state index in [0.29, 0.717) is 13.2 Å². The molecule has 0 aromatic heterocycles. The average Bonchev–Trinajstić information content (AvgIpc) is 2.43. The van der Waals surface area contributed by atoms with Crippen LogP contribution in [0.2, 0.25) is 19.6 Å². The van der Waals surface area contributed by atoms with Crippen LogP contribution in [0.4, 0.5) is 0 Å². The van der Waals surface area contributed by atoms with Crippen molar-refractivity contribution in [3.63, 3.8) is 0 Å². The molecule has 0 spiro atoms. The largest absolute Gasteiger partial charge is 0.497 e. The maximum atomic E-state index is 5.94. The molecule has 1 saturated heterocycles. The Bertz CT molecular complexity index is 628. The number of benzene rings is 1. The van der Waals surface area contributed by atoms with Crippen LogP contribution in [0, 0.1) is 23.8 Å². The predicted octanol–water partition coefficient (Wildman–Crippen LogP) is 3.00. The van der Waals surface area contributed by atoms with Crippen molar-refractivity contribution in [1.29, 1.82) is 0 Å². The first-order valence-corrected chi connectivity index (χ1v) is 11.6. The summed E-state index contributed by atoms with van der Waals surface area (Å²) >= 11 is 0. The smallest absolute Gasteiger partial charge is 0.496 e. The van der Waals surface area contributed by atoms with Crippen molar-refractivity contribution in [1.82, 2.24) is 0 Å². The van der Waals surface area contributed by atoms with Crippen LogP contribution in [0.15, 0.2) is 12.1 Å². The molecule has 0 saturated carbocycles. The second-order valence-corrected chi connectivity index (χ2v) is 12.8. The summed E-state index contributed by atoms with van der Waals surface area (Å²) in [5.41, 5.74) is 6.45. The predicted molar refractivity (Wildman–Crippen MR) is 99.0 cm³/mol. The van der Waals surface area contributed by atoms with E-state index in [1.807, 2.05) is 0 Å². The van der Waals surface area contributed by atoms with Crippen molar-refractivity contribution in [3.05, 3.63) is 23.3 Å². The normalized spacial score (nSPS) is 17.4. The van der Waals surface area contributed by atoms with E-state index in [1.54, 1.807) is 7.11 Å². The molecule has 3 nitrogen and oxygen atoms in total. The van der Waals surface area contributed by atoms with E-state index in [9.17, 15) is 0 Å². The van der Waals surface area contributed by atoms with E-state index in [-0.39, 0.29) is 12.5 Å². The fourth-order valence-corrected chi connectivity index (χ4v) is 2.93. The third-order valence-corrected chi connectivity index (χ3v) is 4.42. The van der Waals surface area contributed by atoms with Gasteiger partial charge in [-0.3, -0.25) is 0 Å². The van der Waals surface area contributed by atoms with Gasteiger partial charge in [0.2, 0.25) is 0 Å². The zero-order valence-corrected chi connectivity index (χ0v) is 16.4. The molecule has 1 aromatic rings. The first-order valence-electron chi connectivity index (χ1n) is 8.06. The minimum Gasteiger partial charge on any atom is -0.496 e. The van der Waals surface area contributed by atoms with E-state index < -0.39 is 8.07 Å². The number of hydrogen-bond acceptors (Lipinski definition) is 3. The van der Waals surface area contributed by atoms with E-state index in [0.717, 1.165) is 22.3 Å². The van der Waals surface area contributed by atoms with Gasteiger partial charge in [-0.1, -0.05) is 45.5 Å². The highest BCUT2D eigenvalue weighted by molar-refractivity contribution is 6.83. The summed E-state index contributed by atoms with van der Waals surface area (Å²) in [5.74, 6) is 4.09. The van der Waals surface area contributed by atoms with Crippen LogP contribution in [0.5, 0.6) is 5.75 Å². The lowest BCUT2D eigenvalue weighted by atomic mass is 9.74. The summed E-state index contributed by atoms with van der Waals surface area (Å²) in [6.45, 7) is 14.4. The molecule has 1 heterocycles. The van der Waals surface area contributed by atoms with Crippen molar-refractivity contribution in [2.24, 2.45) is 5.41 Å². The molecule has 0 unspecified atom stereocenters. The Balaban J connectivity index is 2.40. The molecule has 1 fully saturated rings. The van der Waals surface area contributed by atoms with Gasteiger partial charge in [-0.05, 0) is 18.6 Å². The minimum absolute atomic E-state index is 0.0496. The Morgan fingerprint density at radius 2 is 1.78 bits per heavy atom. The quantitative estimate of drug-likeness (QED) is 0.616. The van der Waals surface area contributed by atoms with Gasteiger partial charge >= 0.3 is 7.12 Å². The van der Waals surface area contributed by atoms with E-state index in [2.05, 4.69) is 64.0 Å². The maximum Gasteiger partial charge on any atom is 0.497 e. The Labute approximate surface area is 141 Å². The van der Waals surface area contributed by atoms with E-state index in [4.69, 9.17) is 14.0 Å². The maximum absolute atomic E-state index is 5.94. The third kappa shape index (κ3) is 4.87. The van der Waals surface area contributed by atoms with Gasteiger partial charge in [0, 0.05) is 24.1 Å². The Morgan fingerprint density at radius 3 is 2.30 bits per heavy atom. The molecule has 0 aliphatic carbocycles. The van der Waals surface area contributed by atoms with Crippen LogP contribution in [0.1, 0.15) is 25.0 Å². The number of rotatable bonds is 2. The van der Waals surface area contributed by atoms with Crippen LogP contribution < -0.4 is 10.2 Å². The van der Waals surface area contributed by atoms with Crippen molar-refractivity contribution < 1.29 is 14.0 Å². The number of hydrogen-bond donors (Lipinski definition) is 0. The van der Waals surface area contributed by atoms with Crippen molar-refractivity contribution in [3.8, 4) is 17.2 Å². The van der Waals surface area contributed by atoms with Gasteiger partial charge in [0.15, 0.2) is 0 Å². The second-order valence-electron chi connectivity index (χ2n) is 8.05. The minimum atomic E-state index is -1.45. The fraction of sp³-hybridized carbons (Fsp3) is 0.556. The number of aryl methyl sites for hydroxylation is 1. The molecule has 0 amide bonds. The first-order chi connectivity index (χ1) is 10.6. The highest BCUT2D eigenvalue weighted by atomic mass is 28.3. The van der Waals surface area contributed by atoms with E-state index >= 15 is 0 Å². The standard InChI is InChI=1S/C18H27BO3Si/c1-14-10-15(8-9-23(5,6)7)17(20-4)16(11-14)19-21-12-18(2,3)13-22-19/h10-11H,12-13H2,1-7H3. The van der Waals surface area contributed by atoms with Gasteiger partial charge in [0.25, 0.3) is 0 Å². The molecule has 5 heteroatoms. The van der Waals surface area contributed by atoms with Gasteiger partial charge in [-0.2, -0.15) is 0 Å². The monoisotopic (exact) mass is 330 g/mol. The lowest BCUT2D eigenvalue weighted by Gasteiger charge is -2.33. The molecule has 1 aromatic carbocycles.